The molecule has 0 aliphatic heterocycles. The Morgan fingerprint density at radius 2 is 1.48 bits per heavy atom. The second kappa shape index (κ2) is 5.15. The molecule has 27 heavy (non-hydrogen) atoms. The lowest BCUT2D eigenvalue weighted by Crippen LogP contribution is -2.13. The van der Waals surface area contributed by atoms with Gasteiger partial charge in [0.1, 0.15) is 5.65 Å². The van der Waals surface area contributed by atoms with Gasteiger partial charge in [0.05, 0.1) is 11.0 Å². The maximum Gasteiger partial charge on any atom is 0.264 e. The zero-order chi connectivity index (χ0) is 18.0. The largest absolute Gasteiger partial charge is 0.268 e. The molecule has 6 aromatic rings. The molecule has 0 aliphatic rings. The number of hydrogen-bond acceptors (Lipinski definition) is 2. The highest BCUT2D eigenvalue weighted by Gasteiger charge is 2.15. The van der Waals surface area contributed by atoms with Crippen LogP contribution in [0.5, 0.6) is 0 Å². The average molecular weight is 346 g/mol. The Morgan fingerprint density at radius 3 is 2.30 bits per heavy atom. The van der Waals surface area contributed by atoms with E-state index in [2.05, 4.69) is 24.3 Å². The van der Waals surface area contributed by atoms with Gasteiger partial charge in [0, 0.05) is 16.2 Å². The lowest BCUT2D eigenvalue weighted by molar-refractivity contribution is 1.19. The standard InChI is InChI=1S/C24H14N2O/c27-24-19-11-5-9-16-8-4-10-18(22(16)19)23-25-20-14-17(12-13-21(20)26(23)24)15-6-2-1-3-7-15/h1-14H. The quantitative estimate of drug-likeness (QED) is 0.407. The van der Waals surface area contributed by atoms with Crippen molar-refractivity contribution in [2.45, 2.75) is 0 Å². The van der Waals surface area contributed by atoms with Crippen molar-refractivity contribution in [3.8, 4) is 11.1 Å². The number of rotatable bonds is 1. The molecule has 2 heterocycles. The number of hydrogen-bond donors (Lipinski definition) is 0. The Bertz CT molecular complexity index is 1530. The third kappa shape index (κ3) is 1.91. The van der Waals surface area contributed by atoms with Gasteiger partial charge in [-0.25, -0.2) is 4.98 Å². The van der Waals surface area contributed by atoms with Gasteiger partial charge in [-0.15, -0.1) is 0 Å². The number of aromatic nitrogens is 2. The van der Waals surface area contributed by atoms with E-state index in [1.54, 1.807) is 4.40 Å². The van der Waals surface area contributed by atoms with Gasteiger partial charge in [-0.05, 0) is 34.7 Å². The zero-order valence-electron chi connectivity index (χ0n) is 14.4. The molecular formula is C24H14N2O. The second-order valence-corrected chi connectivity index (χ2v) is 6.85. The van der Waals surface area contributed by atoms with Gasteiger partial charge in [0.25, 0.3) is 5.56 Å². The molecule has 126 valence electrons. The molecule has 0 aliphatic carbocycles. The number of benzene rings is 4. The Labute approximate surface area is 154 Å². The number of nitrogens with zero attached hydrogens (tertiary/aromatic N) is 2. The minimum absolute atomic E-state index is 0.00994. The highest BCUT2D eigenvalue weighted by atomic mass is 16.1. The molecule has 0 saturated carbocycles. The summed E-state index contributed by atoms with van der Waals surface area (Å²) in [7, 11) is 0. The Morgan fingerprint density at radius 1 is 0.704 bits per heavy atom. The second-order valence-electron chi connectivity index (χ2n) is 6.85. The van der Waals surface area contributed by atoms with Gasteiger partial charge in [-0.1, -0.05) is 66.7 Å². The summed E-state index contributed by atoms with van der Waals surface area (Å²) < 4.78 is 1.75. The molecule has 3 nitrogen and oxygen atoms in total. The number of fused-ring (bicyclic) bond motifs is 4. The molecule has 2 aromatic heterocycles. The molecular weight excluding hydrogens is 332 g/mol. The fraction of sp³-hybridized carbons (Fsp3) is 0. The maximum absolute atomic E-state index is 13.2. The smallest absolute Gasteiger partial charge is 0.264 e. The molecule has 0 fully saturated rings. The number of pyridine rings is 1. The zero-order valence-corrected chi connectivity index (χ0v) is 14.4. The fourth-order valence-corrected chi connectivity index (χ4v) is 4.10. The summed E-state index contributed by atoms with van der Waals surface area (Å²) in [6, 6.07) is 28.4. The van der Waals surface area contributed by atoms with E-state index in [0.29, 0.717) is 0 Å². The van der Waals surface area contributed by atoms with E-state index in [1.807, 2.05) is 60.7 Å². The molecule has 3 heteroatoms. The van der Waals surface area contributed by atoms with Crippen LogP contribution in [0, 0.1) is 0 Å². The molecule has 0 spiro atoms. The van der Waals surface area contributed by atoms with E-state index in [0.717, 1.165) is 49.4 Å². The molecule has 6 rings (SSSR count). The van der Waals surface area contributed by atoms with Crippen molar-refractivity contribution in [2.24, 2.45) is 0 Å². The van der Waals surface area contributed by atoms with E-state index in [9.17, 15) is 4.79 Å². The van der Waals surface area contributed by atoms with Crippen LogP contribution in [0.4, 0.5) is 0 Å². The van der Waals surface area contributed by atoms with Gasteiger partial charge < -0.3 is 0 Å². The van der Waals surface area contributed by atoms with Crippen LogP contribution < -0.4 is 5.56 Å². The van der Waals surface area contributed by atoms with Crippen molar-refractivity contribution < 1.29 is 0 Å². The first-order valence-corrected chi connectivity index (χ1v) is 8.96. The first-order chi connectivity index (χ1) is 13.3. The lowest BCUT2D eigenvalue weighted by Gasteiger charge is -2.06. The van der Waals surface area contributed by atoms with E-state index >= 15 is 0 Å². The highest BCUT2D eigenvalue weighted by Crippen LogP contribution is 2.30. The van der Waals surface area contributed by atoms with Crippen molar-refractivity contribution >= 4 is 38.2 Å². The summed E-state index contributed by atoms with van der Waals surface area (Å²) in [5, 5.41) is 3.82. The predicted octanol–water partition coefficient (Wildman–Crippen LogP) is 5.26. The monoisotopic (exact) mass is 346 g/mol. The summed E-state index contributed by atoms with van der Waals surface area (Å²) in [4.78, 5) is 18.1. The van der Waals surface area contributed by atoms with E-state index in [4.69, 9.17) is 4.98 Å². The van der Waals surface area contributed by atoms with Crippen LogP contribution in [-0.4, -0.2) is 9.38 Å². The van der Waals surface area contributed by atoms with Gasteiger partial charge in [0.15, 0.2) is 0 Å². The summed E-state index contributed by atoms with van der Waals surface area (Å²) in [6.07, 6.45) is 0. The SMILES string of the molecule is O=c1c2cccc3cccc(c32)c2nc3cc(-c4ccccc4)ccc3n12. The van der Waals surface area contributed by atoms with E-state index in [1.165, 1.54) is 0 Å². The van der Waals surface area contributed by atoms with E-state index in [-0.39, 0.29) is 5.56 Å². The topological polar surface area (TPSA) is 34.4 Å². The third-order valence-electron chi connectivity index (χ3n) is 5.34. The average Bonchev–Trinajstić information content (AvgIpc) is 3.11. The first-order valence-electron chi connectivity index (χ1n) is 8.96. The van der Waals surface area contributed by atoms with Crippen molar-refractivity contribution in [1.29, 1.82) is 0 Å². The Balaban J connectivity index is 1.80. The summed E-state index contributed by atoms with van der Waals surface area (Å²) in [5.74, 6) is 0. The van der Waals surface area contributed by atoms with Crippen LogP contribution in [0.3, 0.4) is 0 Å². The van der Waals surface area contributed by atoms with Gasteiger partial charge >= 0.3 is 0 Å². The minimum Gasteiger partial charge on any atom is -0.268 e. The van der Waals surface area contributed by atoms with Gasteiger partial charge in [0.2, 0.25) is 0 Å². The summed E-state index contributed by atoms with van der Waals surface area (Å²) in [6.45, 7) is 0. The van der Waals surface area contributed by atoms with Crippen LogP contribution >= 0.6 is 0 Å². The number of imidazole rings is 1. The highest BCUT2D eigenvalue weighted by molar-refractivity contribution is 6.15. The molecule has 0 unspecified atom stereocenters. The summed E-state index contributed by atoms with van der Waals surface area (Å²) in [5.41, 5.74) is 4.64. The molecule has 0 amide bonds. The van der Waals surface area contributed by atoms with Crippen LogP contribution in [0.15, 0.2) is 89.7 Å². The molecule has 0 N–H and O–H groups in total. The predicted molar refractivity (Wildman–Crippen MR) is 111 cm³/mol. The minimum atomic E-state index is -0.00994. The fourth-order valence-electron chi connectivity index (χ4n) is 4.10. The first kappa shape index (κ1) is 14.4. The maximum atomic E-state index is 13.2. The van der Waals surface area contributed by atoms with E-state index < -0.39 is 0 Å². The van der Waals surface area contributed by atoms with Crippen LogP contribution in [-0.2, 0) is 0 Å². The molecule has 0 saturated heterocycles. The summed E-state index contributed by atoms with van der Waals surface area (Å²) >= 11 is 0. The molecule has 0 atom stereocenters. The Hall–Kier alpha value is -3.72. The third-order valence-corrected chi connectivity index (χ3v) is 5.34. The van der Waals surface area contributed by atoms with Crippen molar-refractivity contribution in [3.05, 3.63) is 95.3 Å². The normalized spacial score (nSPS) is 11.9. The van der Waals surface area contributed by atoms with Crippen LogP contribution in [0.1, 0.15) is 0 Å². The van der Waals surface area contributed by atoms with Crippen LogP contribution in [0.2, 0.25) is 0 Å². The van der Waals surface area contributed by atoms with Gasteiger partial charge in [-0.3, -0.25) is 9.20 Å². The van der Waals surface area contributed by atoms with Gasteiger partial charge in [-0.2, -0.15) is 0 Å². The molecule has 4 aromatic carbocycles. The van der Waals surface area contributed by atoms with Crippen molar-refractivity contribution in [2.75, 3.05) is 0 Å². The molecule has 0 bridgehead atoms. The Kier molecular flexibility index (Phi) is 2.75. The van der Waals surface area contributed by atoms with Crippen molar-refractivity contribution in [3.63, 3.8) is 0 Å². The molecule has 0 radical (unpaired) electrons. The van der Waals surface area contributed by atoms with Crippen LogP contribution in [0.25, 0.3) is 49.4 Å². The lowest BCUT2D eigenvalue weighted by atomic mass is 10.0. The van der Waals surface area contributed by atoms with Crippen molar-refractivity contribution in [1.82, 2.24) is 9.38 Å².